The van der Waals surface area contributed by atoms with Crippen LogP contribution in [0.4, 0.5) is 14.5 Å². The fraction of sp³-hybridized carbons (Fsp3) is 0.167. The predicted octanol–water partition coefficient (Wildman–Crippen LogP) is 4.37. The Hall–Kier alpha value is -2.20. The number of halogens is 3. The quantitative estimate of drug-likeness (QED) is 0.747. The van der Waals surface area contributed by atoms with Crippen molar-refractivity contribution in [1.29, 1.82) is 0 Å². The first-order valence-electron chi connectivity index (χ1n) is 7.22. The lowest BCUT2D eigenvalue weighted by Gasteiger charge is -2.23. The maximum Gasteiger partial charge on any atom is 0.241 e. The summed E-state index contributed by atoms with van der Waals surface area (Å²) in [6, 6.07) is 10.4. The lowest BCUT2D eigenvalue weighted by Crippen LogP contribution is -2.32. The van der Waals surface area contributed by atoms with E-state index in [9.17, 15) is 13.6 Å². The summed E-state index contributed by atoms with van der Waals surface area (Å²) in [6.45, 7) is 0.423. The summed E-state index contributed by atoms with van der Waals surface area (Å²) >= 11 is 5.67. The van der Waals surface area contributed by atoms with Crippen LogP contribution in [0, 0.1) is 11.6 Å². The van der Waals surface area contributed by atoms with Crippen LogP contribution in [0.15, 0.2) is 48.5 Å². The molecule has 0 aromatic heterocycles. The average molecular weight is 334 g/mol. The zero-order valence-corrected chi connectivity index (χ0v) is 13.0. The van der Waals surface area contributed by atoms with Gasteiger partial charge in [0.15, 0.2) is 0 Å². The number of benzene rings is 2. The van der Waals surface area contributed by atoms with E-state index in [2.05, 4.69) is 0 Å². The third-order valence-corrected chi connectivity index (χ3v) is 4.04. The summed E-state index contributed by atoms with van der Waals surface area (Å²) in [5.41, 5.74) is 2.89. The van der Waals surface area contributed by atoms with Crippen molar-refractivity contribution in [3.05, 3.63) is 71.3 Å². The van der Waals surface area contributed by atoms with Gasteiger partial charge in [0.1, 0.15) is 17.5 Å². The molecule has 1 aliphatic rings. The van der Waals surface area contributed by atoms with Crippen LogP contribution in [0.2, 0.25) is 0 Å². The van der Waals surface area contributed by atoms with Gasteiger partial charge in [0.25, 0.3) is 0 Å². The monoisotopic (exact) mass is 333 g/mol. The van der Waals surface area contributed by atoms with Crippen molar-refractivity contribution in [1.82, 2.24) is 0 Å². The molecule has 2 nitrogen and oxygen atoms in total. The van der Waals surface area contributed by atoms with E-state index in [1.54, 1.807) is 18.2 Å². The van der Waals surface area contributed by atoms with Crippen LogP contribution >= 0.6 is 11.6 Å². The summed E-state index contributed by atoms with van der Waals surface area (Å²) in [5.74, 6) is -1.17. The fourth-order valence-electron chi connectivity index (χ4n) is 2.76. The van der Waals surface area contributed by atoms with Crippen molar-refractivity contribution in [3.8, 4) is 0 Å². The second kappa shape index (κ2) is 6.50. The molecule has 0 saturated heterocycles. The number of hydrogen-bond donors (Lipinski definition) is 0. The molecule has 5 heteroatoms. The van der Waals surface area contributed by atoms with E-state index in [1.165, 1.54) is 29.2 Å². The Balaban J connectivity index is 2.13. The molecule has 0 bridgehead atoms. The number of carbonyl (C=O) groups excluding carboxylic acids is 1. The zero-order chi connectivity index (χ0) is 16.4. The zero-order valence-electron chi connectivity index (χ0n) is 12.2. The van der Waals surface area contributed by atoms with E-state index in [0.717, 1.165) is 16.7 Å². The molecule has 3 rings (SSSR count). The van der Waals surface area contributed by atoms with Crippen LogP contribution in [-0.4, -0.2) is 18.3 Å². The Bertz CT molecular complexity index is 771. The van der Waals surface area contributed by atoms with Crippen LogP contribution in [0.25, 0.3) is 5.57 Å². The fourth-order valence-corrected chi connectivity index (χ4v) is 2.90. The van der Waals surface area contributed by atoms with Crippen molar-refractivity contribution in [3.63, 3.8) is 0 Å². The highest BCUT2D eigenvalue weighted by atomic mass is 35.5. The number of carbonyl (C=O) groups is 1. The number of hydrogen-bond acceptors (Lipinski definition) is 1. The maximum atomic E-state index is 13.7. The van der Waals surface area contributed by atoms with E-state index in [1.807, 2.05) is 6.08 Å². The third kappa shape index (κ3) is 3.13. The molecule has 0 fully saturated rings. The standard InChI is InChI=1S/C18H14ClF2NO/c19-11-18(23)22-9-1-2-15(12-3-5-13(20)6-4-12)16-8-7-14(21)10-17(16)22/h2-8,10H,1,9,11H2. The third-order valence-electron chi connectivity index (χ3n) is 3.81. The van der Waals surface area contributed by atoms with E-state index in [0.29, 0.717) is 18.7 Å². The van der Waals surface area contributed by atoms with Crippen LogP contribution in [0.3, 0.4) is 0 Å². The normalized spacial score (nSPS) is 14.0. The lowest BCUT2D eigenvalue weighted by molar-refractivity contribution is -0.116. The van der Waals surface area contributed by atoms with Crippen LogP contribution in [0.5, 0.6) is 0 Å². The van der Waals surface area contributed by atoms with Crippen molar-refractivity contribution in [2.75, 3.05) is 17.3 Å². The highest BCUT2D eigenvalue weighted by Crippen LogP contribution is 2.35. The highest BCUT2D eigenvalue weighted by molar-refractivity contribution is 6.29. The van der Waals surface area contributed by atoms with Crippen LogP contribution in [-0.2, 0) is 4.79 Å². The minimum absolute atomic E-state index is 0.165. The Morgan fingerprint density at radius 3 is 2.48 bits per heavy atom. The van der Waals surface area contributed by atoms with Gasteiger partial charge in [0.05, 0.1) is 5.69 Å². The van der Waals surface area contributed by atoms with Gasteiger partial charge in [-0.15, -0.1) is 11.6 Å². The smallest absolute Gasteiger partial charge is 0.241 e. The van der Waals surface area contributed by atoms with Crippen molar-refractivity contribution < 1.29 is 13.6 Å². The molecule has 1 aliphatic heterocycles. The molecule has 0 N–H and O–H groups in total. The summed E-state index contributed by atoms with van der Waals surface area (Å²) < 4.78 is 26.9. The lowest BCUT2D eigenvalue weighted by atomic mass is 9.96. The molecular formula is C18H14ClF2NO. The molecule has 1 amide bonds. The maximum absolute atomic E-state index is 13.7. The highest BCUT2D eigenvalue weighted by Gasteiger charge is 2.23. The van der Waals surface area contributed by atoms with Crippen LogP contribution < -0.4 is 4.90 Å². The summed E-state index contributed by atoms with van der Waals surface area (Å²) in [4.78, 5) is 13.6. The number of amides is 1. The first kappa shape index (κ1) is 15.7. The molecule has 0 atom stereocenters. The van der Waals surface area contributed by atoms with Gasteiger partial charge in [-0.3, -0.25) is 4.79 Å². The van der Waals surface area contributed by atoms with Gasteiger partial charge < -0.3 is 4.90 Å². The number of rotatable bonds is 2. The van der Waals surface area contributed by atoms with Gasteiger partial charge in [-0.25, -0.2) is 8.78 Å². The molecule has 2 aromatic rings. The predicted molar refractivity (Wildman–Crippen MR) is 87.6 cm³/mol. The first-order valence-corrected chi connectivity index (χ1v) is 7.76. The second-order valence-corrected chi connectivity index (χ2v) is 5.52. The van der Waals surface area contributed by atoms with Gasteiger partial charge in [0.2, 0.25) is 5.91 Å². The summed E-state index contributed by atoms with van der Waals surface area (Å²) in [7, 11) is 0. The van der Waals surface area contributed by atoms with E-state index < -0.39 is 5.82 Å². The largest absolute Gasteiger partial charge is 0.310 e. The van der Waals surface area contributed by atoms with Crippen molar-refractivity contribution in [2.24, 2.45) is 0 Å². The number of alkyl halides is 1. The number of anilines is 1. The molecule has 1 heterocycles. The molecule has 0 unspecified atom stereocenters. The minimum atomic E-state index is -0.420. The molecule has 23 heavy (non-hydrogen) atoms. The molecule has 2 aromatic carbocycles. The molecular weight excluding hydrogens is 320 g/mol. The minimum Gasteiger partial charge on any atom is -0.310 e. The van der Waals surface area contributed by atoms with Gasteiger partial charge in [-0.1, -0.05) is 18.2 Å². The van der Waals surface area contributed by atoms with Crippen molar-refractivity contribution >= 4 is 28.8 Å². The van der Waals surface area contributed by atoms with E-state index in [4.69, 9.17) is 11.6 Å². The second-order valence-electron chi connectivity index (χ2n) is 5.25. The van der Waals surface area contributed by atoms with Crippen molar-refractivity contribution in [2.45, 2.75) is 6.42 Å². The Labute approximate surface area is 138 Å². The topological polar surface area (TPSA) is 20.3 Å². The Kier molecular flexibility index (Phi) is 4.44. The molecule has 0 saturated carbocycles. The van der Waals surface area contributed by atoms with Crippen LogP contribution in [0.1, 0.15) is 17.5 Å². The Morgan fingerprint density at radius 2 is 1.78 bits per heavy atom. The average Bonchev–Trinajstić information content (AvgIpc) is 2.74. The first-order chi connectivity index (χ1) is 11.1. The number of fused-ring (bicyclic) bond motifs is 1. The molecule has 0 radical (unpaired) electrons. The Morgan fingerprint density at radius 1 is 1.09 bits per heavy atom. The SMILES string of the molecule is O=C(CCl)N1CCC=C(c2ccc(F)cc2)c2ccc(F)cc21. The molecule has 0 aliphatic carbocycles. The number of nitrogens with zero attached hydrogens (tertiary/aromatic N) is 1. The molecule has 0 spiro atoms. The summed E-state index contributed by atoms with van der Waals surface area (Å²) in [5, 5.41) is 0. The van der Waals surface area contributed by atoms with E-state index in [-0.39, 0.29) is 17.6 Å². The van der Waals surface area contributed by atoms with E-state index >= 15 is 0 Å². The molecule has 118 valence electrons. The van der Waals surface area contributed by atoms with Gasteiger partial charge in [0, 0.05) is 12.1 Å². The van der Waals surface area contributed by atoms with Gasteiger partial charge in [-0.2, -0.15) is 0 Å². The van der Waals surface area contributed by atoms with Gasteiger partial charge >= 0.3 is 0 Å². The van der Waals surface area contributed by atoms with Gasteiger partial charge in [-0.05, 0) is 47.9 Å². The summed E-state index contributed by atoms with van der Waals surface area (Å²) in [6.07, 6.45) is 2.58.